The molecule has 0 radical (unpaired) electrons. The maximum atomic E-state index is 12.3. The van der Waals surface area contributed by atoms with Gasteiger partial charge in [-0.1, -0.05) is 25.3 Å². The molecule has 1 saturated carbocycles. The van der Waals surface area contributed by atoms with Crippen molar-refractivity contribution in [2.24, 2.45) is 5.92 Å². The molecule has 1 aromatic heterocycles. The average Bonchev–Trinajstić information content (AvgIpc) is 3.14. The first kappa shape index (κ1) is 19.5. The second-order valence-electron chi connectivity index (χ2n) is 7.65. The fourth-order valence-corrected chi connectivity index (χ4v) is 3.58. The number of nitrogens with one attached hydrogen (secondary N) is 2. The molecular formula is C21H31N5O. The van der Waals surface area contributed by atoms with Gasteiger partial charge in [0.15, 0.2) is 0 Å². The van der Waals surface area contributed by atoms with Crippen LogP contribution >= 0.6 is 0 Å². The van der Waals surface area contributed by atoms with Gasteiger partial charge < -0.3 is 10.6 Å². The van der Waals surface area contributed by atoms with Crippen molar-refractivity contribution in [2.75, 3.05) is 18.4 Å². The predicted octanol–water partition coefficient (Wildman–Crippen LogP) is 3.71. The number of hydrogen-bond donors (Lipinski definition) is 2. The van der Waals surface area contributed by atoms with Crippen molar-refractivity contribution >= 4 is 11.6 Å². The molecule has 6 nitrogen and oxygen atoms in total. The molecule has 1 amide bonds. The first-order valence-electron chi connectivity index (χ1n) is 10.1. The van der Waals surface area contributed by atoms with Crippen LogP contribution in [0.3, 0.4) is 0 Å². The molecule has 146 valence electrons. The molecule has 0 unspecified atom stereocenters. The third kappa shape index (κ3) is 5.89. The molecule has 0 spiro atoms. The second-order valence-corrected chi connectivity index (χ2v) is 7.65. The van der Waals surface area contributed by atoms with Gasteiger partial charge in [0.1, 0.15) is 6.33 Å². The van der Waals surface area contributed by atoms with Crippen LogP contribution in [0.2, 0.25) is 0 Å². The highest BCUT2D eigenvalue weighted by Gasteiger charge is 2.13. The summed E-state index contributed by atoms with van der Waals surface area (Å²) in [7, 11) is 0. The Morgan fingerprint density at radius 1 is 1.19 bits per heavy atom. The van der Waals surface area contributed by atoms with E-state index in [0.717, 1.165) is 43.2 Å². The average molecular weight is 370 g/mol. The molecule has 0 atom stereocenters. The van der Waals surface area contributed by atoms with Crippen molar-refractivity contribution in [1.82, 2.24) is 20.1 Å². The molecule has 6 heteroatoms. The molecule has 2 N–H and O–H groups in total. The third-order valence-corrected chi connectivity index (χ3v) is 5.40. The smallest absolute Gasteiger partial charge is 0.295 e. The largest absolute Gasteiger partial charge is 0.319 e. The highest BCUT2D eigenvalue weighted by atomic mass is 16.2. The summed E-state index contributed by atoms with van der Waals surface area (Å²) < 4.78 is 1.75. The summed E-state index contributed by atoms with van der Waals surface area (Å²) in [5.41, 5.74) is 3.12. The Morgan fingerprint density at radius 2 is 2.00 bits per heavy atom. The van der Waals surface area contributed by atoms with Gasteiger partial charge in [-0.3, -0.25) is 9.48 Å². The number of aryl methyl sites for hydroxylation is 3. The molecule has 1 heterocycles. The normalized spacial score (nSPS) is 15.0. The topological polar surface area (TPSA) is 71.8 Å². The number of hydrogen-bond acceptors (Lipinski definition) is 4. The number of anilines is 1. The minimum absolute atomic E-state index is 0.211. The zero-order valence-electron chi connectivity index (χ0n) is 16.5. The summed E-state index contributed by atoms with van der Waals surface area (Å²) in [6, 6.07) is 5.86. The third-order valence-electron chi connectivity index (χ3n) is 5.40. The Balaban J connectivity index is 1.39. The Bertz CT molecular complexity index is 749. The quantitative estimate of drug-likeness (QED) is 0.696. The van der Waals surface area contributed by atoms with Crippen LogP contribution in [0.4, 0.5) is 5.69 Å². The number of aromatic nitrogens is 3. The van der Waals surface area contributed by atoms with E-state index in [2.05, 4.69) is 20.7 Å². The SMILES string of the molecule is Cc1ccc(NC(=O)c2ncn(CCCNCC3CCCCC3)n2)cc1C. The minimum atomic E-state index is -0.271. The second kappa shape index (κ2) is 9.65. The lowest BCUT2D eigenvalue weighted by Crippen LogP contribution is -2.26. The van der Waals surface area contributed by atoms with Gasteiger partial charge in [0, 0.05) is 12.2 Å². The lowest BCUT2D eigenvalue weighted by molar-refractivity contribution is 0.101. The van der Waals surface area contributed by atoms with Gasteiger partial charge in [-0.2, -0.15) is 0 Å². The van der Waals surface area contributed by atoms with Crippen molar-refractivity contribution < 1.29 is 4.79 Å². The standard InChI is InChI=1S/C21H31N5O/c1-16-9-10-19(13-17(16)2)24-21(27)20-23-15-26(25-20)12-6-11-22-14-18-7-4-3-5-8-18/h9-10,13,15,18,22H,3-8,11-12,14H2,1-2H3,(H,24,27). The highest BCUT2D eigenvalue weighted by Crippen LogP contribution is 2.22. The van der Waals surface area contributed by atoms with E-state index in [1.807, 2.05) is 32.0 Å². The van der Waals surface area contributed by atoms with Crippen LogP contribution in [0.25, 0.3) is 0 Å². The van der Waals surface area contributed by atoms with Crippen LogP contribution in [0.5, 0.6) is 0 Å². The zero-order chi connectivity index (χ0) is 19.1. The summed E-state index contributed by atoms with van der Waals surface area (Å²) in [4.78, 5) is 16.5. The maximum Gasteiger partial charge on any atom is 0.295 e. The monoisotopic (exact) mass is 369 g/mol. The van der Waals surface area contributed by atoms with Crippen LogP contribution < -0.4 is 10.6 Å². The maximum absolute atomic E-state index is 12.3. The molecule has 1 aliphatic carbocycles. The van der Waals surface area contributed by atoms with E-state index in [-0.39, 0.29) is 11.7 Å². The van der Waals surface area contributed by atoms with Crippen molar-refractivity contribution in [2.45, 2.75) is 58.9 Å². The first-order valence-corrected chi connectivity index (χ1v) is 10.1. The fourth-order valence-electron chi connectivity index (χ4n) is 3.58. The molecule has 0 aliphatic heterocycles. The van der Waals surface area contributed by atoms with Crippen molar-refractivity contribution in [1.29, 1.82) is 0 Å². The van der Waals surface area contributed by atoms with Gasteiger partial charge in [-0.05, 0) is 75.4 Å². The number of benzene rings is 1. The minimum Gasteiger partial charge on any atom is -0.319 e. The molecule has 0 bridgehead atoms. The van der Waals surface area contributed by atoms with Crippen LogP contribution in [-0.2, 0) is 6.54 Å². The molecule has 1 aliphatic rings. The molecule has 2 aromatic rings. The van der Waals surface area contributed by atoms with E-state index in [1.54, 1.807) is 11.0 Å². The number of carbonyl (C=O) groups is 1. The van der Waals surface area contributed by atoms with Crippen LogP contribution in [0, 0.1) is 19.8 Å². The van der Waals surface area contributed by atoms with E-state index in [1.165, 1.54) is 37.7 Å². The fraction of sp³-hybridized carbons (Fsp3) is 0.571. The van der Waals surface area contributed by atoms with E-state index in [0.29, 0.717) is 0 Å². The van der Waals surface area contributed by atoms with Gasteiger partial charge in [-0.25, -0.2) is 4.98 Å². The Labute approximate surface area is 161 Å². The van der Waals surface area contributed by atoms with Crippen LogP contribution in [0.15, 0.2) is 24.5 Å². The number of nitrogens with zero attached hydrogens (tertiary/aromatic N) is 3. The van der Waals surface area contributed by atoms with Gasteiger partial charge in [0.05, 0.1) is 0 Å². The zero-order valence-corrected chi connectivity index (χ0v) is 16.5. The van der Waals surface area contributed by atoms with E-state index in [9.17, 15) is 4.79 Å². The van der Waals surface area contributed by atoms with Crippen molar-refractivity contribution in [3.05, 3.63) is 41.5 Å². The van der Waals surface area contributed by atoms with E-state index >= 15 is 0 Å². The number of amides is 1. The summed E-state index contributed by atoms with van der Waals surface area (Å²) >= 11 is 0. The molecule has 0 saturated heterocycles. The molecule has 27 heavy (non-hydrogen) atoms. The predicted molar refractivity (Wildman–Crippen MR) is 108 cm³/mol. The first-order chi connectivity index (χ1) is 13.1. The number of rotatable bonds is 8. The summed E-state index contributed by atoms with van der Waals surface area (Å²) in [5.74, 6) is 0.793. The molecule has 1 fully saturated rings. The molecular weight excluding hydrogens is 338 g/mol. The van der Waals surface area contributed by atoms with E-state index in [4.69, 9.17) is 0 Å². The van der Waals surface area contributed by atoms with Gasteiger partial charge >= 0.3 is 0 Å². The number of carbonyl (C=O) groups excluding carboxylic acids is 1. The van der Waals surface area contributed by atoms with Crippen molar-refractivity contribution in [3.63, 3.8) is 0 Å². The highest BCUT2D eigenvalue weighted by molar-refractivity contribution is 6.01. The van der Waals surface area contributed by atoms with Crippen LogP contribution in [0.1, 0.15) is 60.3 Å². The van der Waals surface area contributed by atoms with E-state index < -0.39 is 0 Å². The molecule has 1 aromatic carbocycles. The Kier molecular flexibility index (Phi) is 6.98. The summed E-state index contributed by atoms with van der Waals surface area (Å²) in [6.45, 7) is 6.94. The molecule has 3 rings (SSSR count). The van der Waals surface area contributed by atoms with Gasteiger partial charge in [-0.15, -0.1) is 5.10 Å². The lowest BCUT2D eigenvalue weighted by atomic mass is 9.89. The Hall–Kier alpha value is -2.21. The Morgan fingerprint density at radius 3 is 2.78 bits per heavy atom. The van der Waals surface area contributed by atoms with Crippen LogP contribution in [-0.4, -0.2) is 33.8 Å². The van der Waals surface area contributed by atoms with Crippen molar-refractivity contribution in [3.8, 4) is 0 Å². The van der Waals surface area contributed by atoms with Gasteiger partial charge in [0.25, 0.3) is 5.91 Å². The summed E-state index contributed by atoms with van der Waals surface area (Å²) in [6.07, 6.45) is 9.54. The van der Waals surface area contributed by atoms with Gasteiger partial charge in [0.2, 0.25) is 5.82 Å². The lowest BCUT2D eigenvalue weighted by Gasteiger charge is -2.21. The summed E-state index contributed by atoms with van der Waals surface area (Å²) in [5, 5.41) is 10.7.